The molecule has 0 aliphatic carbocycles. The molecular weight excluding hydrogens is 520 g/mol. The second-order valence-corrected chi connectivity index (χ2v) is 8.81. The summed E-state index contributed by atoms with van der Waals surface area (Å²) in [4.78, 5) is 44.0. The number of fused-ring (bicyclic) bond motifs is 4. The molecule has 2 aliphatic rings. The lowest BCUT2D eigenvalue weighted by Crippen LogP contribution is -2.22. The maximum atomic E-state index is 11.0. The largest absolute Gasteiger partial charge is 0.456 e. The number of ether oxygens (including phenoxy) is 6. The summed E-state index contributed by atoms with van der Waals surface area (Å²) in [7, 11) is 0. The van der Waals surface area contributed by atoms with Crippen molar-refractivity contribution >= 4 is 25.9 Å². The van der Waals surface area contributed by atoms with Gasteiger partial charge in [0.05, 0.1) is 0 Å². The number of benzene rings is 4. The summed E-state index contributed by atoms with van der Waals surface area (Å²) >= 11 is 0. The molecule has 40 heavy (non-hydrogen) atoms. The molecule has 4 aromatic rings. The second kappa shape index (κ2) is 10.3. The van der Waals surface area contributed by atoms with Crippen molar-refractivity contribution in [1.29, 1.82) is 0 Å². The Kier molecular flexibility index (Phi) is 6.33. The van der Waals surface area contributed by atoms with Crippen LogP contribution in [0.15, 0.2) is 72.8 Å². The molecule has 2 heterocycles. The van der Waals surface area contributed by atoms with Gasteiger partial charge in [0.2, 0.25) is 0 Å². The van der Waals surface area contributed by atoms with E-state index < -0.39 is 0 Å². The zero-order chi connectivity index (χ0) is 27.6. The second-order valence-electron chi connectivity index (χ2n) is 8.81. The van der Waals surface area contributed by atoms with E-state index in [-0.39, 0.29) is 34.8 Å². The maximum absolute atomic E-state index is 11.0. The van der Waals surface area contributed by atoms with Crippen LogP contribution in [0.3, 0.4) is 0 Å². The topological polar surface area (TPSA) is 124 Å². The van der Waals surface area contributed by atoms with Gasteiger partial charge in [-0.15, -0.1) is 0 Å². The smallest absolute Gasteiger partial charge is 0.298 e. The number of hydrogen-bond donors (Lipinski definition) is 0. The molecule has 10 nitrogen and oxygen atoms in total. The van der Waals surface area contributed by atoms with Crippen LogP contribution in [0.5, 0.6) is 46.0 Å². The predicted octanol–water partition coefficient (Wildman–Crippen LogP) is 5.00. The predicted molar refractivity (Wildman–Crippen MR) is 136 cm³/mol. The van der Waals surface area contributed by atoms with E-state index in [1.165, 1.54) is 0 Å². The summed E-state index contributed by atoms with van der Waals surface area (Å²) in [6.45, 7) is 1.31. The van der Waals surface area contributed by atoms with Crippen LogP contribution in [0.4, 0.5) is 0 Å². The molecule has 0 spiro atoms. The lowest BCUT2D eigenvalue weighted by atomic mass is 9.71. The van der Waals surface area contributed by atoms with E-state index in [0.29, 0.717) is 48.9 Å². The first-order valence-electron chi connectivity index (χ1n) is 12.0. The van der Waals surface area contributed by atoms with Crippen molar-refractivity contribution in [2.75, 3.05) is 0 Å². The highest BCUT2D eigenvalue weighted by atomic mass is 16.5. The molecule has 0 aromatic heterocycles. The van der Waals surface area contributed by atoms with Crippen LogP contribution < -0.4 is 28.4 Å². The Morgan fingerprint density at radius 2 is 0.675 bits per heavy atom. The van der Waals surface area contributed by atoms with E-state index in [1.54, 1.807) is 48.5 Å². The van der Waals surface area contributed by atoms with Crippen LogP contribution in [0, 0.1) is 0 Å². The van der Waals surface area contributed by atoms with Crippen LogP contribution in [0.2, 0.25) is 0 Å². The van der Waals surface area contributed by atoms with Crippen LogP contribution in [0.1, 0.15) is 34.1 Å². The fourth-order valence-electron chi connectivity index (χ4n) is 5.25. The average Bonchev–Trinajstić information content (AvgIpc) is 2.95. The molecule has 0 saturated carbocycles. The molecule has 0 unspecified atom stereocenters. The van der Waals surface area contributed by atoms with Gasteiger partial charge in [-0.1, -0.05) is 24.3 Å². The van der Waals surface area contributed by atoms with E-state index in [2.05, 4.69) is 0 Å². The molecule has 0 amide bonds. The molecule has 0 bridgehead atoms. The third-order valence-electron chi connectivity index (χ3n) is 6.79. The molecule has 2 aliphatic heterocycles. The Labute approximate surface area is 226 Å². The minimum atomic E-state index is -0.369. The summed E-state index contributed by atoms with van der Waals surface area (Å²) in [5.41, 5.74) is 3.17. The van der Waals surface area contributed by atoms with E-state index in [9.17, 15) is 19.2 Å². The minimum Gasteiger partial charge on any atom is -0.456 e. The molecule has 198 valence electrons. The summed E-state index contributed by atoms with van der Waals surface area (Å²) in [6, 6.07) is 20.4. The highest BCUT2D eigenvalue weighted by Gasteiger charge is 2.40. The number of carbonyl (C=O) groups excluding carboxylic acids is 4. The first kappa shape index (κ1) is 24.7. The van der Waals surface area contributed by atoms with Crippen molar-refractivity contribution in [3.63, 3.8) is 0 Å². The van der Waals surface area contributed by atoms with Crippen molar-refractivity contribution in [2.24, 2.45) is 0 Å². The third-order valence-corrected chi connectivity index (χ3v) is 6.79. The molecule has 0 N–H and O–H groups in total. The molecular formula is C30H18O10. The Balaban J connectivity index is 1.59. The van der Waals surface area contributed by atoms with Crippen molar-refractivity contribution in [3.05, 3.63) is 95.1 Å². The normalized spacial score (nSPS) is 13.1. The van der Waals surface area contributed by atoms with E-state index >= 15 is 0 Å². The zero-order valence-corrected chi connectivity index (χ0v) is 20.5. The lowest BCUT2D eigenvalue weighted by Gasteiger charge is -2.38. The number of rotatable bonds is 9. The standard InChI is InChI=1S/C30H18O10/c31-13-35-17-1-5-21-25(9-17)39-26-10-18(36-14-32)2-6-22(26)29(21)30-23-7-3-19(37-15-33)11-27(23)40-28-12-20(38-16-34)4-8-24(28)30/h1-16,29-30H. The molecule has 0 saturated heterocycles. The first-order valence-corrected chi connectivity index (χ1v) is 12.0. The fourth-order valence-corrected chi connectivity index (χ4v) is 5.25. The summed E-state index contributed by atoms with van der Waals surface area (Å²) in [5, 5.41) is 0. The maximum Gasteiger partial charge on any atom is 0.298 e. The molecule has 10 heteroatoms. The first-order chi connectivity index (χ1) is 19.6. The monoisotopic (exact) mass is 538 g/mol. The minimum absolute atomic E-state index is 0.287. The number of hydrogen-bond acceptors (Lipinski definition) is 10. The van der Waals surface area contributed by atoms with Crippen LogP contribution in [-0.2, 0) is 19.2 Å². The van der Waals surface area contributed by atoms with Gasteiger partial charge in [-0.2, -0.15) is 0 Å². The van der Waals surface area contributed by atoms with E-state index in [1.807, 2.05) is 24.3 Å². The van der Waals surface area contributed by atoms with Crippen molar-refractivity contribution in [2.45, 2.75) is 11.8 Å². The van der Waals surface area contributed by atoms with Gasteiger partial charge in [0.15, 0.2) is 0 Å². The van der Waals surface area contributed by atoms with Gasteiger partial charge in [-0.3, -0.25) is 19.2 Å². The van der Waals surface area contributed by atoms with Crippen LogP contribution in [0.25, 0.3) is 0 Å². The fraction of sp³-hybridized carbons (Fsp3) is 0.0667. The highest BCUT2D eigenvalue weighted by molar-refractivity contribution is 5.66. The third kappa shape index (κ3) is 4.27. The van der Waals surface area contributed by atoms with Gasteiger partial charge in [-0.05, 0) is 24.3 Å². The zero-order valence-electron chi connectivity index (χ0n) is 20.5. The van der Waals surface area contributed by atoms with Gasteiger partial charge >= 0.3 is 0 Å². The van der Waals surface area contributed by atoms with E-state index in [4.69, 9.17) is 28.4 Å². The SMILES string of the molecule is O=COc1ccc2c(c1)Oc1cc(OC=O)ccc1C2C1c2ccc(OC=O)cc2Oc2cc(OC=O)ccc21. The summed E-state index contributed by atoms with van der Waals surface area (Å²) < 4.78 is 32.6. The molecule has 0 radical (unpaired) electrons. The highest BCUT2D eigenvalue weighted by Crippen LogP contribution is 2.58. The molecule has 6 rings (SSSR count). The molecule has 0 fully saturated rings. The van der Waals surface area contributed by atoms with Crippen LogP contribution >= 0.6 is 0 Å². The van der Waals surface area contributed by atoms with Crippen molar-refractivity contribution in [1.82, 2.24) is 0 Å². The molecule has 4 aromatic carbocycles. The van der Waals surface area contributed by atoms with Gasteiger partial charge in [-0.25, -0.2) is 0 Å². The van der Waals surface area contributed by atoms with E-state index in [0.717, 1.165) is 22.3 Å². The van der Waals surface area contributed by atoms with Gasteiger partial charge in [0.1, 0.15) is 46.0 Å². The Bertz CT molecular complexity index is 1420. The average molecular weight is 538 g/mol. The summed E-state index contributed by atoms with van der Waals surface area (Å²) in [6.07, 6.45) is 0. The summed E-state index contributed by atoms with van der Waals surface area (Å²) in [5.74, 6) is 2.18. The van der Waals surface area contributed by atoms with Crippen molar-refractivity contribution in [3.8, 4) is 46.0 Å². The van der Waals surface area contributed by atoms with Gasteiger partial charge < -0.3 is 28.4 Å². The van der Waals surface area contributed by atoms with Crippen LogP contribution in [-0.4, -0.2) is 25.9 Å². The van der Waals surface area contributed by atoms with Gasteiger partial charge in [0, 0.05) is 58.4 Å². The lowest BCUT2D eigenvalue weighted by molar-refractivity contribution is -0.121. The van der Waals surface area contributed by atoms with Gasteiger partial charge in [0.25, 0.3) is 25.9 Å². The quantitative estimate of drug-likeness (QED) is 0.269. The Hall–Kier alpha value is -5.64. The Morgan fingerprint density at radius 3 is 0.900 bits per heavy atom. The molecule has 0 atom stereocenters. The van der Waals surface area contributed by atoms with Crippen molar-refractivity contribution < 1.29 is 47.6 Å². The number of carbonyl (C=O) groups is 4. The Morgan fingerprint density at radius 1 is 0.425 bits per heavy atom.